The smallest absolute Gasteiger partial charge is 0.322 e. The van der Waals surface area contributed by atoms with Crippen molar-refractivity contribution in [3.63, 3.8) is 0 Å². The Hall–Kier alpha value is -7.00. The topological polar surface area (TPSA) is 573 Å². The molecule has 9 amide bonds. The Balaban J connectivity index is 6.64. The van der Waals surface area contributed by atoms with Gasteiger partial charge in [-0.3, -0.25) is 57.9 Å². The van der Waals surface area contributed by atoms with Crippen LogP contribution in [0.2, 0.25) is 0 Å². The lowest BCUT2D eigenvalue weighted by molar-refractivity contribution is -0.139. The van der Waals surface area contributed by atoms with Crippen molar-refractivity contribution >= 4 is 71.1 Å². The number of carbonyl (C=O) groups is 10. The third kappa shape index (κ3) is 30.4. The van der Waals surface area contributed by atoms with E-state index in [0.29, 0.717) is 38.6 Å². The third-order valence-electron chi connectivity index (χ3n) is 11.0. The lowest BCUT2D eigenvalue weighted by atomic mass is 10.0. The Labute approximate surface area is 441 Å². The molecule has 0 aromatic carbocycles. The van der Waals surface area contributed by atoms with Gasteiger partial charge in [0.15, 0.2) is 11.9 Å². The number of aliphatic carboxylic acids is 1. The number of carbonyl (C=O) groups excluding carboxylic acids is 9. The molecule has 0 aliphatic heterocycles. The highest BCUT2D eigenvalue weighted by Crippen LogP contribution is 2.10. The molecular formula is C44H85N19O13. The van der Waals surface area contributed by atoms with Crippen LogP contribution in [0.25, 0.3) is 0 Å². The lowest BCUT2D eigenvalue weighted by Gasteiger charge is -2.27. The molecule has 32 nitrogen and oxygen atoms in total. The monoisotopic (exact) mass is 1090 g/mol. The quantitative estimate of drug-likeness (QED) is 0.0154. The Bertz CT molecular complexity index is 1920. The first-order valence-electron chi connectivity index (χ1n) is 25.1. The average molecular weight is 1090 g/mol. The summed E-state index contributed by atoms with van der Waals surface area (Å²) in [5.41, 5.74) is 44.5. The number of carboxylic acids is 1. The van der Waals surface area contributed by atoms with Crippen LogP contribution in [0.1, 0.15) is 97.3 Å². The molecule has 32 heteroatoms. The van der Waals surface area contributed by atoms with E-state index in [2.05, 4.69) is 52.5 Å². The first kappa shape index (κ1) is 69.0. The number of amides is 9. The van der Waals surface area contributed by atoms with E-state index >= 15 is 0 Å². The van der Waals surface area contributed by atoms with Crippen molar-refractivity contribution in [2.24, 2.45) is 55.9 Å². The van der Waals surface area contributed by atoms with E-state index in [1.165, 1.54) is 13.8 Å². The number of hydrogen-bond acceptors (Lipinski definition) is 18. The molecule has 0 spiro atoms. The summed E-state index contributed by atoms with van der Waals surface area (Å²) in [5, 5.41) is 51.1. The molecule has 0 saturated heterocycles. The van der Waals surface area contributed by atoms with Gasteiger partial charge < -0.3 is 109 Å². The number of nitrogens with two attached hydrogens (primary N) is 8. The molecule has 0 aliphatic carbocycles. The van der Waals surface area contributed by atoms with Crippen molar-refractivity contribution in [1.29, 1.82) is 0 Å². The van der Waals surface area contributed by atoms with E-state index in [9.17, 15) is 58.2 Å². The number of aliphatic hydroxyl groups is 2. The predicted octanol–water partition coefficient (Wildman–Crippen LogP) is -9.09. The van der Waals surface area contributed by atoms with Crippen LogP contribution in [0.3, 0.4) is 0 Å². The maximum Gasteiger partial charge on any atom is 0.322 e. The SMILES string of the molecule is C[C@H](N)C(=O)N[C@@H](CCCCN)C(=O)N[C@H](C(=O)NCC(=O)N[C@@H](CCCCN)C(=O)N[C@@H](CCCN=C(N)N)C(=O)N[C@@H](CCCCN)C(=O)N[C@@H](CCCN=C(N)N)C(=O)N[C@@H](CO)C(=O)NCC(=O)O)[C@@H](C)O. The Morgan fingerprint density at radius 3 is 1.13 bits per heavy atom. The molecule has 0 heterocycles. The van der Waals surface area contributed by atoms with Crippen LogP contribution in [0.4, 0.5) is 0 Å². The van der Waals surface area contributed by atoms with Crippen molar-refractivity contribution in [3.8, 4) is 0 Å². The molecule has 0 aliphatic rings. The Kier molecular flexibility index (Phi) is 35.8. The van der Waals surface area contributed by atoms with Crippen molar-refractivity contribution in [3.05, 3.63) is 0 Å². The highest BCUT2D eigenvalue weighted by Gasteiger charge is 2.34. The normalized spacial score (nSPS) is 14.4. The molecule has 0 aromatic rings. The van der Waals surface area contributed by atoms with Crippen LogP contribution >= 0.6 is 0 Å². The van der Waals surface area contributed by atoms with Crippen molar-refractivity contribution < 1.29 is 63.3 Å². The van der Waals surface area contributed by atoms with Crippen LogP contribution in [0, 0.1) is 0 Å². The van der Waals surface area contributed by atoms with E-state index in [4.69, 9.17) is 51.0 Å². The van der Waals surface area contributed by atoms with E-state index in [-0.39, 0.29) is 89.5 Å². The van der Waals surface area contributed by atoms with Gasteiger partial charge >= 0.3 is 5.97 Å². The van der Waals surface area contributed by atoms with Gasteiger partial charge in [0.05, 0.1) is 25.3 Å². The summed E-state index contributed by atoms with van der Waals surface area (Å²) in [6, 6.07) is -10.9. The molecule has 0 unspecified atom stereocenters. The van der Waals surface area contributed by atoms with Gasteiger partial charge in [-0.2, -0.15) is 0 Å². The van der Waals surface area contributed by atoms with Crippen molar-refractivity contribution in [1.82, 2.24) is 47.9 Å². The van der Waals surface area contributed by atoms with Crippen LogP contribution in [-0.4, -0.2) is 193 Å². The second kappa shape index (κ2) is 39.4. The summed E-state index contributed by atoms with van der Waals surface area (Å²) in [4.78, 5) is 140. The first-order chi connectivity index (χ1) is 35.9. The predicted molar refractivity (Wildman–Crippen MR) is 278 cm³/mol. The highest BCUT2D eigenvalue weighted by molar-refractivity contribution is 5.98. The minimum Gasteiger partial charge on any atom is -0.480 e. The zero-order valence-corrected chi connectivity index (χ0v) is 43.5. The number of unbranched alkanes of at least 4 members (excludes halogenated alkanes) is 3. The molecule has 0 saturated carbocycles. The molecular weight excluding hydrogens is 1000 g/mol. The maximum absolute atomic E-state index is 14.2. The molecule has 0 fully saturated rings. The minimum absolute atomic E-state index is 0.00293. The number of aliphatic imine (C=N–C) groups is 2. The fraction of sp³-hybridized carbons (Fsp3) is 0.727. The van der Waals surface area contributed by atoms with E-state index < -0.39 is 133 Å². The van der Waals surface area contributed by atoms with Gasteiger partial charge in [0, 0.05) is 13.1 Å². The van der Waals surface area contributed by atoms with Crippen molar-refractivity contribution in [2.75, 3.05) is 52.4 Å². The second-order valence-electron chi connectivity index (χ2n) is 17.7. The zero-order chi connectivity index (χ0) is 57.8. The molecule has 9 atom stereocenters. The number of hydrogen-bond donors (Lipinski definition) is 20. The van der Waals surface area contributed by atoms with Crippen molar-refractivity contribution in [2.45, 2.75) is 152 Å². The van der Waals surface area contributed by atoms with Gasteiger partial charge in [-0.05, 0) is 117 Å². The molecule has 0 rings (SSSR count). The summed E-state index contributed by atoms with van der Waals surface area (Å²) < 4.78 is 0. The Morgan fingerprint density at radius 1 is 0.447 bits per heavy atom. The summed E-state index contributed by atoms with van der Waals surface area (Å²) in [6.45, 7) is 0.858. The molecule has 76 heavy (non-hydrogen) atoms. The van der Waals surface area contributed by atoms with Crippen LogP contribution in [0.15, 0.2) is 9.98 Å². The molecule has 0 aromatic heterocycles. The molecule has 434 valence electrons. The average Bonchev–Trinajstić information content (AvgIpc) is 3.35. The summed E-state index contributed by atoms with van der Waals surface area (Å²) in [7, 11) is 0. The standard InChI is InChI=1S/C44H85N19O13/c1-24(48)35(69)58-28(13-5-8-18-47)41(75)63-34(25(2)65)42(76)55-21-32(66)57-26(11-3-6-16-45)37(71)60-29(14-9-19-53-43(49)50)39(73)59-27(12-4-7-17-46)38(72)61-30(15-10-20-54-44(51)52)40(74)62-31(23-64)36(70)56-22-33(67)68/h24-31,34,64-65H,3-23,45-48H2,1-2H3,(H,55,76)(H,56,70)(H,57,66)(H,58,69)(H,59,73)(H,60,71)(H,61,72)(H,62,74)(H,63,75)(H,67,68)(H4,49,50,53)(H4,51,52,54)/t24-,25+,26-,27-,28-,29-,30-,31-,34-/m0/s1. The molecule has 0 bridgehead atoms. The molecule has 28 N–H and O–H groups in total. The van der Waals surface area contributed by atoms with Gasteiger partial charge in [0.1, 0.15) is 48.8 Å². The van der Waals surface area contributed by atoms with Gasteiger partial charge in [-0.25, -0.2) is 0 Å². The number of carboxylic acid groups (broad SMARTS) is 1. The fourth-order valence-electron chi connectivity index (χ4n) is 6.88. The summed E-state index contributed by atoms with van der Waals surface area (Å²) >= 11 is 0. The van der Waals surface area contributed by atoms with Crippen LogP contribution in [-0.2, 0) is 47.9 Å². The van der Waals surface area contributed by atoms with Gasteiger partial charge in [0.2, 0.25) is 53.2 Å². The van der Waals surface area contributed by atoms with Gasteiger partial charge in [0.25, 0.3) is 0 Å². The van der Waals surface area contributed by atoms with E-state index in [0.717, 1.165) is 0 Å². The second-order valence-corrected chi connectivity index (χ2v) is 17.7. The number of nitrogens with one attached hydrogen (secondary N) is 9. The van der Waals surface area contributed by atoms with E-state index in [1.807, 2.05) is 5.32 Å². The highest BCUT2D eigenvalue weighted by atomic mass is 16.4. The number of rotatable bonds is 41. The fourth-order valence-corrected chi connectivity index (χ4v) is 6.88. The summed E-state index contributed by atoms with van der Waals surface area (Å²) in [5.74, 6) is -9.90. The van der Waals surface area contributed by atoms with Gasteiger partial charge in [-0.15, -0.1) is 0 Å². The van der Waals surface area contributed by atoms with Crippen LogP contribution < -0.4 is 93.7 Å². The van der Waals surface area contributed by atoms with Crippen LogP contribution in [0.5, 0.6) is 0 Å². The number of aliphatic hydroxyl groups excluding tert-OH is 2. The Morgan fingerprint density at radius 2 is 0.789 bits per heavy atom. The maximum atomic E-state index is 14.2. The summed E-state index contributed by atoms with van der Waals surface area (Å²) in [6.07, 6.45) is 0.905. The number of nitrogens with zero attached hydrogens (tertiary/aromatic N) is 2. The lowest BCUT2D eigenvalue weighted by Crippen LogP contribution is -2.60. The minimum atomic E-state index is -1.63. The first-order valence-corrected chi connectivity index (χ1v) is 25.1. The zero-order valence-electron chi connectivity index (χ0n) is 43.5. The molecule has 0 radical (unpaired) electrons. The third-order valence-corrected chi connectivity index (χ3v) is 11.0. The number of guanidine groups is 2. The largest absolute Gasteiger partial charge is 0.480 e. The van der Waals surface area contributed by atoms with Gasteiger partial charge in [-0.1, -0.05) is 0 Å². The van der Waals surface area contributed by atoms with E-state index in [1.54, 1.807) is 0 Å².